The van der Waals surface area contributed by atoms with Gasteiger partial charge in [-0.05, 0) is 23.8 Å². The van der Waals surface area contributed by atoms with Crippen LogP contribution >= 0.6 is 0 Å². The maximum absolute atomic E-state index is 14.1. The van der Waals surface area contributed by atoms with Crippen molar-refractivity contribution in [3.05, 3.63) is 83.9 Å². The van der Waals surface area contributed by atoms with Crippen LogP contribution < -0.4 is 5.32 Å². The van der Waals surface area contributed by atoms with Gasteiger partial charge in [-0.15, -0.1) is 0 Å². The van der Waals surface area contributed by atoms with Crippen LogP contribution in [0.3, 0.4) is 0 Å². The zero-order valence-corrected chi connectivity index (χ0v) is 16.4. The number of urea groups is 1. The molecule has 1 aromatic heterocycles. The third-order valence-corrected chi connectivity index (χ3v) is 4.71. The van der Waals surface area contributed by atoms with Crippen molar-refractivity contribution in [2.45, 2.75) is 25.8 Å². The molecule has 3 aromatic rings. The molecule has 6 heteroatoms. The molecule has 0 radical (unpaired) electrons. The summed E-state index contributed by atoms with van der Waals surface area (Å²) in [7, 11) is 1.73. The van der Waals surface area contributed by atoms with E-state index in [1.165, 1.54) is 6.07 Å². The second-order valence-electron chi connectivity index (χ2n) is 7.51. The minimum absolute atomic E-state index is 0.211. The van der Waals surface area contributed by atoms with Gasteiger partial charge in [-0.3, -0.25) is 0 Å². The first-order chi connectivity index (χ1) is 13.4. The second kappa shape index (κ2) is 8.25. The lowest BCUT2D eigenvalue weighted by Crippen LogP contribution is -2.43. The minimum atomic E-state index is -0.514. The predicted octanol–water partition coefficient (Wildman–Crippen LogP) is 4.13. The van der Waals surface area contributed by atoms with Gasteiger partial charge >= 0.3 is 6.03 Å². The number of halogens is 1. The summed E-state index contributed by atoms with van der Waals surface area (Å²) in [6, 6.07) is 16.2. The molecule has 0 atom stereocenters. The molecule has 0 aliphatic rings. The summed E-state index contributed by atoms with van der Waals surface area (Å²) in [5, 5.41) is 7.25. The van der Waals surface area contributed by atoms with Gasteiger partial charge < -0.3 is 10.2 Å². The molecule has 0 aliphatic carbocycles. The lowest BCUT2D eigenvalue weighted by atomic mass is 9.84. The molecule has 0 spiro atoms. The number of carbonyl (C=O) groups excluding carboxylic acids is 1. The maximum Gasteiger partial charge on any atom is 0.317 e. The van der Waals surface area contributed by atoms with Crippen molar-refractivity contribution >= 4 is 6.03 Å². The first-order valence-corrected chi connectivity index (χ1v) is 9.20. The third-order valence-electron chi connectivity index (χ3n) is 4.71. The van der Waals surface area contributed by atoms with Crippen molar-refractivity contribution in [1.29, 1.82) is 0 Å². The monoisotopic (exact) mass is 380 g/mol. The highest BCUT2D eigenvalue weighted by Crippen LogP contribution is 2.24. The van der Waals surface area contributed by atoms with Crippen LogP contribution in [0.15, 0.2) is 67.0 Å². The van der Waals surface area contributed by atoms with E-state index in [2.05, 4.69) is 10.4 Å². The molecular weight excluding hydrogens is 355 g/mol. The quantitative estimate of drug-likeness (QED) is 0.699. The van der Waals surface area contributed by atoms with Crippen LogP contribution in [0.2, 0.25) is 0 Å². The van der Waals surface area contributed by atoms with Crippen LogP contribution in [-0.4, -0.2) is 34.3 Å². The summed E-state index contributed by atoms with van der Waals surface area (Å²) >= 11 is 0. The Morgan fingerprint density at radius 1 is 1.14 bits per heavy atom. The van der Waals surface area contributed by atoms with E-state index in [0.29, 0.717) is 18.7 Å². The van der Waals surface area contributed by atoms with Crippen molar-refractivity contribution in [2.24, 2.45) is 0 Å². The van der Waals surface area contributed by atoms with Crippen molar-refractivity contribution in [3.63, 3.8) is 0 Å². The molecule has 5 nitrogen and oxygen atoms in total. The number of hydrogen-bond donors (Lipinski definition) is 1. The van der Waals surface area contributed by atoms with E-state index in [9.17, 15) is 9.18 Å². The van der Waals surface area contributed by atoms with Gasteiger partial charge in [0.15, 0.2) is 0 Å². The van der Waals surface area contributed by atoms with Crippen LogP contribution in [-0.2, 0) is 12.0 Å². The van der Waals surface area contributed by atoms with Crippen LogP contribution in [0.1, 0.15) is 25.0 Å². The molecule has 146 valence electrons. The van der Waals surface area contributed by atoms with Gasteiger partial charge in [0.05, 0.1) is 18.4 Å². The Kier molecular flexibility index (Phi) is 5.78. The summed E-state index contributed by atoms with van der Waals surface area (Å²) in [4.78, 5) is 14.1. The number of carbonyl (C=O) groups is 1. The molecule has 1 N–H and O–H groups in total. The van der Waals surface area contributed by atoms with E-state index < -0.39 is 5.41 Å². The molecule has 0 fully saturated rings. The van der Waals surface area contributed by atoms with Crippen molar-refractivity contribution in [2.75, 3.05) is 13.6 Å². The fraction of sp³-hybridized carbons (Fsp3) is 0.273. The lowest BCUT2D eigenvalue weighted by molar-refractivity contribution is 0.204. The summed E-state index contributed by atoms with van der Waals surface area (Å²) in [6.45, 7) is 4.59. The number of nitrogens with one attached hydrogen (secondary N) is 1. The van der Waals surface area contributed by atoms with Gasteiger partial charge in [-0.25, -0.2) is 13.9 Å². The van der Waals surface area contributed by atoms with Gasteiger partial charge in [0.25, 0.3) is 0 Å². The average molecular weight is 380 g/mol. The van der Waals surface area contributed by atoms with Crippen molar-refractivity contribution < 1.29 is 9.18 Å². The van der Waals surface area contributed by atoms with E-state index in [4.69, 9.17) is 0 Å². The molecule has 28 heavy (non-hydrogen) atoms. The summed E-state index contributed by atoms with van der Waals surface area (Å²) in [6.07, 6.45) is 3.66. The van der Waals surface area contributed by atoms with Crippen molar-refractivity contribution in [3.8, 4) is 5.69 Å². The fourth-order valence-corrected chi connectivity index (χ4v) is 3.05. The molecule has 2 aromatic carbocycles. The zero-order valence-electron chi connectivity index (χ0n) is 16.4. The Bertz CT molecular complexity index is 936. The van der Waals surface area contributed by atoms with E-state index in [1.54, 1.807) is 41.0 Å². The standard InChI is InChI=1S/C22H25FN4O/c1-22(2,19-11-7-8-12-20(19)23)16-24-21(28)26(3)14-17-13-25-27(15-17)18-9-5-4-6-10-18/h4-13,15H,14,16H2,1-3H3,(H,24,28). The molecule has 0 unspecified atom stereocenters. The third kappa shape index (κ3) is 4.57. The number of aromatic nitrogens is 2. The average Bonchev–Trinajstić information content (AvgIpc) is 3.15. The summed E-state index contributed by atoms with van der Waals surface area (Å²) < 4.78 is 15.8. The number of para-hydroxylation sites is 1. The molecular formula is C22H25FN4O. The molecule has 0 bridgehead atoms. The highest BCUT2D eigenvalue weighted by atomic mass is 19.1. The normalized spacial score (nSPS) is 11.3. The van der Waals surface area contributed by atoms with E-state index in [-0.39, 0.29) is 11.8 Å². The first kappa shape index (κ1) is 19.6. The maximum atomic E-state index is 14.1. The topological polar surface area (TPSA) is 50.2 Å². The van der Waals surface area contributed by atoms with E-state index in [1.807, 2.05) is 50.4 Å². The number of hydrogen-bond acceptors (Lipinski definition) is 2. The molecule has 3 rings (SSSR count). The Hall–Kier alpha value is -3.15. The highest BCUT2D eigenvalue weighted by molar-refractivity contribution is 5.74. The first-order valence-electron chi connectivity index (χ1n) is 9.20. The summed E-state index contributed by atoms with van der Waals surface area (Å²) in [5.41, 5.74) is 1.96. The Morgan fingerprint density at radius 2 is 1.82 bits per heavy atom. The number of amides is 2. The van der Waals surface area contributed by atoms with Gasteiger partial charge in [0.2, 0.25) is 0 Å². The Balaban J connectivity index is 1.58. The van der Waals surface area contributed by atoms with Gasteiger partial charge in [-0.1, -0.05) is 50.2 Å². The van der Waals surface area contributed by atoms with Gasteiger partial charge in [0, 0.05) is 30.8 Å². The molecule has 0 saturated carbocycles. The van der Waals surface area contributed by atoms with Gasteiger partial charge in [0.1, 0.15) is 5.82 Å². The smallest absolute Gasteiger partial charge is 0.317 e. The lowest BCUT2D eigenvalue weighted by Gasteiger charge is -2.27. The largest absolute Gasteiger partial charge is 0.337 e. The van der Waals surface area contributed by atoms with E-state index >= 15 is 0 Å². The zero-order chi connectivity index (χ0) is 20.1. The van der Waals surface area contributed by atoms with Crippen LogP contribution in [0.5, 0.6) is 0 Å². The summed E-state index contributed by atoms with van der Waals surface area (Å²) in [5.74, 6) is -0.261. The van der Waals surface area contributed by atoms with Crippen LogP contribution in [0.4, 0.5) is 9.18 Å². The molecule has 2 amide bonds. The molecule has 1 heterocycles. The van der Waals surface area contributed by atoms with E-state index in [0.717, 1.165) is 11.3 Å². The highest BCUT2D eigenvalue weighted by Gasteiger charge is 2.25. The number of nitrogens with zero attached hydrogens (tertiary/aromatic N) is 3. The predicted molar refractivity (Wildman–Crippen MR) is 108 cm³/mol. The Morgan fingerprint density at radius 3 is 2.54 bits per heavy atom. The molecule has 0 aliphatic heterocycles. The molecule has 0 saturated heterocycles. The van der Waals surface area contributed by atoms with Gasteiger partial charge in [-0.2, -0.15) is 5.10 Å². The second-order valence-corrected chi connectivity index (χ2v) is 7.51. The Labute approximate surface area is 164 Å². The number of benzene rings is 2. The van der Waals surface area contributed by atoms with Crippen LogP contribution in [0.25, 0.3) is 5.69 Å². The minimum Gasteiger partial charge on any atom is -0.337 e. The number of rotatable bonds is 6. The van der Waals surface area contributed by atoms with Crippen LogP contribution in [0, 0.1) is 5.82 Å². The van der Waals surface area contributed by atoms with Crippen molar-refractivity contribution in [1.82, 2.24) is 20.0 Å². The SMILES string of the molecule is CN(Cc1cnn(-c2ccccc2)c1)C(=O)NCC(C)(C)c1ccccc1F. The fourth-order valence-electron chi connectivity index (χ4n) is 3.05.